The van der Waals surface area contributed by atoms with Crippen LogP contribution < -0.4 is 0 Å². The van der Waals surface area contributed by atoms with Crippen molar-refractivity contribution in [3.63, 3.8) is 0 Å². The lowest BCUT2D eigenvalue weighted by Gasteiger charge is -2.19. The Morgan fingerprint density at radius 2 is 2.08 bits per heavy atom. The second-order valence-corrected chi connectivity index (χ2v) is 4.95. The van der Waals surface area contributed by atoms with Crippen LogP contribution in [0.5, 0.6) is 0 Å². The van der Waals surface area contributed by atoms with Gasteiger partial charge in [0.05, 0.1) is 0 Å². The van der Waals surface area contributed by atoms with Gasteiger partial charge in [0, 0.05) is 6.04 Å². The molecule has 1 atom stereocenters. The fourth-order valence-electron chi connectivity index (χ4n) is 2.28. The SMILES string of the molecule is CC(C)CCCCC1CCCN1C. The third-order valence-corrected chi connectivity index (χ3v) is 3.24. The van der Waals surface area contributed by atoms with E-state index in [1.807, 2.05) is 0 Å². The molecule has 13 heavy (non-hydrogen) atoms. The summed E-state index contributed by atoms with van der Waals surface area (Å²) in [6.45, 7) is 5.97. The molecule has 0 N–H and O–H groups in total. The van der Waals surface area contributed by atoms with E-state index in [0.717, 1.165) is 12.0 Å². The van der Waals surface area contributed by atoms with Gasteiger partial charge in [0.15, 0.2) is 0 Å². The first-order valence-corrected chi connectivity index (χ1v) is 5.90. The van der Waals surface area contributed by atoms with Crippen LogP contribution in [-0.2, 0) is 0 Å². The van der Waals surface area contributed by atoms with Crippen LogP contribution >= 0.6 is 0 Å². The fraction of sp³-hybridized carbons (Fsp3) is 1.00. The van der Waals surface area contributed by atoms with Gasteiger partial charge in [0.25, 0.3) is 0 Å². The lowest BCUT2D eigenvalue weighted by molar-refractivity contribution is 0.288. The average molecular weight is 183 g/mol. The van der Waals surface area contributed by atoms with Crippen molar-refractivity contribution >= 4 is 0 Å². The van der Waals surface area contributed by atoms with Gasteiger partial charge in [-0.15, -0.1) is 0 Å². The van der Waals surface area contributed by atoms with Crippen molar-refractivity contribution in [1.29, 1.82) is 0 Å². The number of likely N-dealkylation sites (tertiary alicyclic amines) is 1. The molecule has 0 bridgehead atoms. The zero-order valence-electron chi connectivity index (χ0n) is 9.55. The van der Waals surface area contributed by atoms with Gasteiger partial charge in [-0.1, -0.05) is 33.1 Å². The Bertz CT molecular complexity index is 131. The number of unbranched alkanes of at least 4 members (excludes halogenated alkanes) is 1. The van der Waals surface area contributed by atoms with Crippen LogP contribution in [0.1, 0.15) is 52.4 Å². The van der Waals surface area contributed by atoms with Gasteiger partial charge >= 0.3 is 0 Å². The largest absolute Gasteiger partial charge is 0.303 e. The molecule has 78 valence electrons. The first-order valence-electron chi connectivity index (χ1n) is 5.90. The maximum absolute atomic E-state index is 2.54. The predicted octanol–water partition coefficient (Wildman–Crippen LogP) is 3.30. The van der Waals surface area contributed by atoms with E-state index in [1.54, 1.807) is 0 Å². The van der Waals surface area contributed by atoms with Crippen LogP contribution in [-0.4, -0.2) is 24.5 Å². The van der Waals surface area contributed by atoms with Crippen LogP contribution in [0.4, 0.5) is 0 Å². The number of nitrogens with zero attached hydrogens (tertiary/aromatic N) is 1. The lowest BCUT2D eigenvalue weighted by atomic mass is 10.0. The Hall–Kier alpha value is -0.0400. The van der Waals surface area contributed by atoms with Crippen molar-refractivity contribution < 1.29 is 0 Å². The van der Waals surface area contributed by atoms with Crippen molar-refractivity contribution in [2.45, 2.75) is 58.4 Å². The normalized spacial score (nSPS) is 24.5. The maximum Gasteiger partial charge on any atom is 0.00926 e. The van der Waals surface area contributed by atoms with Gasteiger partial charge < -0.3 is 4.90 Å². The zero-order chi connectivity index (χ0) is 9.68. The molecule has 1 fully saturated rings. The minimum Gasteiger partial charge on any atom is -0.303 e. The molecule has 1 aliphatic heterocycles. The molecular weight excluding hydrogens is 158 g/mol. The molecule has 1 saturated heterocycles. The first kappa shape index (κ1) is 11.0. The van der Waals surface area contributed by atoms with Crippen LogP contribution in [0.2, 0.25) is 0 Å². The van der Waals surface area contributed by atoms with E-state index in [1.165, 1.54) is 45.1 Å². The Balaban J connectivity index is 1.99. The number of rotatable bonds is 5. The van der Waals surface area contributed by atoms with Crippen molar-refractivity contribution in [1.82, 2.24) is 4.90 Å². The summed E-state index contributed by atoms with van der Waals surface area (Å²) in [5.74, 6) is 0.890. The molecule has 0 aliphatic carbocycles. The van der Waals surface area contributed by atoms with E-state index in [4.69, 9.17) is 0 Å². The molecule has 0 saturated carbocycles. The summed E-state index contributed by atoms with van der Waals surface area (Å²) in [6, 6.07) is 0.909. The molecule has 1 heterocycles. The van der Waals surface area contributed by atoms with Crippen LogP contribution in [0, 0.1) is 5.92 Å². The highest BCUT2D eigenvalue weighted by Gasteiger charge is 2.19. The van der Waals surface area contributed by atoms with Gasteiger partial charge in [-0.3, -0.25) is 0 Å². The third-order valence-electron chi connectivity index (χ3n) is 3.24. The molecule has 0 amide bonds. The predicted molar refractivity (Wildman–Crippen MR) is 59.0 cm³/mol. The minimum absolute atomic E-state index is 0.890. The smallest absolute Gasteiger partial charge is 0.00926 e. The second kappa shape index (κ2) is 5.64. The molecule has 1 rings (SSSR count). The van der Waals surface area contributed by atoms with Gasteiger partial charge in [-0.2, -0.15) is 0 Å². The summed E-state index contributed by atoms with van der Waals surface area (Å²) in [7, 11) is 2.28. The summed E-state index contributed by atoms with van der Waals surface area (Å²) in [5.41, 5.74) is 0. The molecule has 0 aromatic rings. The highest BCUT2D eigenvalue weighted by atomic mass is 15.1. The molecule has 1 nitrogen and oxygen atoms in total. The van der Waals surface area contributed by atoms with Gasteiger partial charge in [-0.05, 0) is 38.8 Å². The van der Waals surface area contributed by atoms with Gasteiger partial charge in [-0.25, -0.2) is 0 Å². The van der Waals surface area contributed by atoms with E-state index in [-0.39, 0.29) is 0 Å². The monoisotopic (exact) mass is 183 g/mol. The molecule has 1 aliphatic rings. The highest BCUT2D eigenvalue weighted by molar-refractivity contribution is 4.75. The van der Waals surface area contributed by atoms with Crippen molar-refractivity contribution in [2.24, 2.45) is 5.92 Å². The Morgan fingerprint density at radius 3 is 2.62 bits per heavy atom. The summed E-state index contributed by atoms with van der Waals surface area (Å²) < 4.78 is 0. The average Bonchev–Trinajstić information content (AvgIpc) is 2.45. The summed E-state index contributed by atoms with van der Waals surface area (Å²) >= 11 is 0. The molecule has 0 aromatic heterocycles. The molecule has 0 radical (unpaired) electrons. The van der Waals surface area contributed by atoms with Crippen molar-refractivity contribution in [3.05, 3.63) is 0 Å². The number of hydrogen-bond acceptors (Lipinski definition) is 1. The summed E-state index contributed by atoms with van der Waals surface area (Å²) in [6.07, 6.45) is 8.58. The third kappa shape index (κ3) is 4.12. The zero-order valence-corrected chi connectivity index (χ0v) is 9.55. The van der Waals surface area contributed by atoms with Gasteiger partial charge in [0.2, 0.25) is 0 Å². The maximum atomic E-state index is 2.54. The van der Waals surface area contributed by atoms with Crippen molar-refractivity contribution in [2.75, 3.05) is 13.6 Å². The van der Waals surface area contributed by atoms with E-state index >= 15 is 0 Å². The van der Waals surface area contributed by atoms with Crippen LogP contribution in [0.15, 0.2) is 0 Å². The molecule has 1 heteroatoms. The fourth-order valence-corrected chi connectivity index (χ4v) is 2.28. The Kier molecular flexibility index (Phi) is 4.79. The Labute approximate surface area is 83.5 Å². The van der Waals surface area contributed by atoms with E-state index < -0.39 is 0 Å². The molecule has 0 spiro atoms. The topological polar surface area (TPSA) is 3.24 Å². The van der Waals surface area contributed by atoms with E-state index in [0.29, 0.717) is 0 Å². The van der Waals surface area contributed by atoms with Crippen molar-refractivity contribution in [3.8, 4) is 0 Å². The Morgan fingerprint density at radius 1 is 1.31 bits per heavy atom. The highest BCUT2D eigenvalue weighted by Crippen LogP contribution is 2.20. The first-order chi connectivity index (χ1) is 6.20. The molecule has 0 aromatic carbocycles. The summed E-state index contributed by atoms with van der Waals surface area (Å²) in [4.78, 5) is 2.54. The van der Waals surface area contributed by atoms with Gasteiger partial charge in [0.1, 0.15) is 0 Å². The minimum atomic E-state index is 0.890. The molecular formula is C12H25N. The lowest BCUT2D eigenvalue weighted by Crippen LogP contribution is -2.24. The quantitative estimate of drug-likeness (QED) is 0.591. The second-order valence-electron chi connectivity index (χ2n) is 4.95. The standard InChI is InChI=1S/C12H25N/c1-11(2)7-4-5-8-12-9-6-10-13(12)3/h11-12H,4-10H2,1-3H3. The van der Waals surface area contributed by atoms with Crippen LogP contribution in [0.3, 0.4) is 0 Å². The van der Waals surface area contributed by atoms with Crippen LogP contribution in [0.25, 0.3) is 0 Å². The molecule has 1 unspecified atom stereocenters. The summed E-state index contributed by atoms with van der Waals surface area (Å²) in [5, 5.41) is 0. The number of hydrogen-bond donors (Lipinski definition) is 0. The van der Waals surface area contributed by atoms with E-state index in [2.05, 4.69) is 25.8 Å². The van der Waals surface area contributed by atoms with E-state index in [9.17, 15) is 0 Å².